The van der Waals surface area contributed by atoms with E-state index in [1.165, 1.54) is 11.6 Å². The topological polar surface area (TPSA) is 49.4 Å². The van der Waals surface area contributed by atoms with E-state index in [0.717, 1.165) is 36.2 Å². The minimum Gasteiger partial charge on any atom is -0.357 e. The molecule has 0 fully saturated rings. The molecule has 1 aliphatic heterocycles. The summed E-state index contributed by atoms with van der Waals surface area (Å²) in [4.78, 5) is 29.4. The average Bonchev–Trinajstić information content (AvgIpc) is 3.04. The molecule has 1 amide bonds. The fraction of sp³-hybridized carbons (Fsp3) is 0.312. The zero-order valence-electron chi connectivity index (χ0n) is 21.5. The van der Waals surface area contributed by atoms with Crippen LogP contribution in [-0.2, 0) is 9.59 Å². The number of hydrogen-bond donors (Lipinski definition) is 1. The van der Waals surface area contributed by atoms with Crippen LogP contribution in [0.4, 0.5) is 15.8 Å². The van der Waals surface area contributed by atoms with E-state index in [2.05, 4.69) is 36.5 Å². The van der Waals surface area contributed by atoms with Crippen molar-refractivity contribution in [2.45, 2.75) is 64.3 Å². The van der Waals surface area contributed by atoms with E-state index in [1.807, 2.05) is 31.2 Å². The number of benzene rings is 3. The highest BCUT2D eigenvalue weighted by Gasteiger charge is 2.42. The van der Waals surface area contributed by atoms with Crippen LogP contribution in [0.2, 0.25) is 0 Å². The molecule has 4 nitrogen and oxygen atoms in total. The molecular weight excluding hydrogens is 463 g/mol. The molecule has 1 heterocycles. The van der Waals surface area contributed by atoms with E-state index in [0.29, 0.717) is 36.1 Å². The van der Waals surface area contributed by atoms with Gasteiger partial charge in [0.1, 0.15) is 5.82 Å². The van der Waals surface area contributed by atoms with Crippen molar-refractivity contribution >= 4 is 23.1 Å². The first-order chi connectivity index (χ1) is 18.0. The maximum Gasteiger partial charge on any atom is 0.227 e. The van der Waals surface area contributed by atoms with Gasteiger partial charge < -0.3 is 5.32 Å². The predicted molar refractivity (Wildman–Crippen MR) is 146 cm³/mol. The number of nitrogens with zero attached hydrogens (tertiary/aromatic N) is 1. The number of anilines is 2. The highest BCUT2D eigenvalue weighted by Crippen LogP contribution is 2.48. The van der Waals surface area contributed by atoms with Crippen LogP contribution in [0.5, 0.6) is 0 Å². The van der Waals surface area contributed by atoms with Crippen LogP contribution in [0.3, 0.4) is 0 Å². The Bertz CT molecular complexity index is 1340. The van der Waals surface area contributed by atoms with Gasteiger partial charge in [-0.25, -0.2) is 4.39 Å². The van der Waals surface area contributed by atoms with Gasteiger partial charge in [-0.05, 0) is 49.4 Å². The molecule has 0 spiro atoms. The SMILES string of the molecule is CCCCCC(=O)N1c2ccccc2NC2=C(C(=O)C[C@H](c3ccc(C)cc3)C2)[C@@H]1c1ccccc1F. The van der Waals surface area contributed by atoms with Crippen LogP contribution in [0.15, 0.2) is 84.1 Å². The zero-order chi connectivity index (χ0) is 25.9. The standard InChI is InChI=1S/C32H33FN2O2/c1-3-4-5-14-30(37)35-28-13-9-8-12-26(28)34-27-19-23(22-17-15-21(2)16-18-22)20-29(36)31(27)32(35)24-10-6-7-11-25(24)33/h6-13,15-18,23,32,34H,3-5,14,19-20H2,1-2H3/t23-,32+/m1/s1. The molecular formula is C32H33FN2O2. The van der Waals surface area contributed by atoms with Crippen molar-refractivity contribution in [2.24, 2.45) is 0 Å². The van der Waals surface area contributed by atoms with Gasteiger partial charge in [-0.15, -0.1) is 0 Å². The predicted octanol–water partition coefficient (Wildman–Crippen LogP) is 7.62. The molecule has 0 aromatic heterocycles. The lowest BCUT2D eigenvalue weighted by Gasteiger charge is -2.35. The molecule has 3 aromatic rings. The van der Waals surface area contributed by atoms with Crippen LogP contribution >= 0.6 is 0 Å². The third-order valence-electron chi connectivity index (χ3n) is 7.50. The van der Waals surface area contributed by atoms with E-state index >= 15 is 4.39 Å². The third kappa shape index (κ3) is 4.95. The van der Waals surface area contributed by atoms with E-state index in [4.69, 9.17) is 0 Å². The molecule has 3 aromatic carbocycles. The quantitative estimate of drug-likeness (QED) is 0.357. The van der Waals surface area contributed by atoms with Crippen LogP contribution in [0, 0.1) is 12.7 Å². The summed E-state index contributed by atoms with van der Waals surface area (Å²) in [6.45, 7) is 4.14. The Hall–Kier alpha value is -3.73. The van der Waals surface area contributed by atoms with Gasteiger partial charge in [0.05, 0.1) is 17.4 Å². The van der Waals surface area contributed by atoms with Gasteiger partial charge in [-0.3, -0.25) is 14.5 Å². The van der Waals surface area contributed by atoms with Crippen molar-refractivity contribution in [3.63, 3.8) is 0 Å². The molecule has 5 rings (SSSR count). The number of carbonyl (C=O) groups is 2. The third-order valence-corrected chi connectivity index (χ3v) is 7.50. The Morgan fingerprint density at radius 1 is 0.973 bits per heavy atom. The maximum atomic E-state index is 15.4. The fourth-order valence-corrected chi connectivity index (χ4v) is 5.58. The van der Waals surface area contributed by atoms with Crippen molar-refractivity contribution in [3.05, 3.63) is 107 Å². The monoisotopic (exact) mass is 496 g/mol. The Morgan fingerprint density at radius 2 is 1.70 bits per heavy atom. The summed E-state index contributed by atoms with van der Waals surface area (Å²) in [6, 6.07) is 21.6. The number of aryl methyl sites for hydroxylation is 1. The molecule has 1 aliphatic carbocycles. The number of halogens is 1. The molecule has 0 saturated carbocycles. The minimum atomic E-state index is -0.826. The Kier molecular flexibility index (Phi) is 7.22. The lowest BCUT2D eigenvalue weighted by Crippen LogP contribution is -2.38. The Labute approximate surface area is 218 Å². The molecule has 5 heteroatoms. The number of ketones is 1. The van der Waals surface area contributed by atoms with Crippen LogP contribution < -0.4 is 10.2 Å². The molecule has 1 N–H and O–H groups in total. The largest absolute Gasteiger partial charge is 0.357 e. The van der Waals surface area contributed by atoms with Gasteiger partial charge in [0.15, 0.2) is 5.78 Å². The first-order valence-electron chi connectivity index (χ1n) is 13.2. The molecule has 190 valence electrons. The van der Waals surface area contributed by atoms with E-state index in [-0.39, 0.29) is 17.6 Å². The lowest BCUT2D eigenvalue weighted by molar-refractivity contribution is -0.119. The minimum absolute atomic E-state index is 0.0135. The lowest BCUT2D eigenvalue weighted by atomic mass is 9.78. The van der Waals surface area contributed by atoms with Gasteiger partial charge in [0.2, 0.25) is 5.91 Å². The normalized spacial score (nSPS) is 19.1. The number of rotatable bonds is 6. The number of nitrogens with one attached hydrogen (secondary N) is 1. The first-order valence-corrected chi connectivity index (χ1v) is 13.2. The summed E-state index contributed by atoms with van der Waals surface area (Å²) in [5.41, 5.74) is 5.32. The smallest absolute Gasteiger partial charge is 0.227 e. The number of carbonyl (C=O) groups excluding carboxylic acids is 2. The second-order valence-corrected chi connectivity index (χ2v) is 10.1. The van der Waals surface area contributed by atoms with Gasteiger partial charge in [-0.1, -0.05) is 79.9 Å². The van der Waals surface area contributed by atoms with Crippen LogP contribution in [-0.4, -0.2) is 11.7 Å². The number of fused-ring (bicyclic) bond motifs is 1. The summed E-state index contributed by atoms with van der Waals surface area (Å²) in [5, 5.41) is 3.52. The Balaban J connectivity index is 1.67. The average molecular weight is 497 g/mol. The van der Waals surface area contributed by atoms with Gasteiger partial charge in [0.25, 0.3) is 0 Å². The molecule has 0 bridgehead atoms. The molecule has 37 heavy (non-hydrogen) atoms. The summed E-state index contributed by atoms with van der Waals surface area (Å²) in [6.07, 6.45) is 3.96. The molecule has 0 unspecified atom stereocenters. The molecule has 2 atom stereocenters. The number of unbranched alkanes of at least 4 members (excludes halogenated alkanes) is 2. The number of Topliss-reactive ketones (excluding diaryl/α,β-unsaturated/α-hetero) is 1. The van der Waals surface area contributed by atoms with Crippen molar-refractivity contribution in [3.8, 4) is 0 Å². The summed E-state index contributed by atoms with van der Waals surface area (Å²) >= 11 is 0. The van der Waals surface area contributed by atoms with Gasteiger partial charge in [0, 0.05) is 29.7 Å². The number of allylic oxidation sites excluding steroid dienone is 1. The van der Waals surface area contributed by atoms with Gasteiger partial charge in [-0.2, -0.15) is 0 Å². The molecule has 0 radical (unpaired) electrons. The van der Waals surface area contributed by atoms with E-state index in [9.17, 15) is 9.59 Å². The Morgan fingerprint density at radius 3 is 2.46 bits per heavy atom. The summed E-state index contributed by atoms with van der Waals surface area (Å²) in [5.74, 6) is -0.553. The summed E-state index contributed by atoms with van der Waals surface area (Å²) in [7, 11) is 0. The summed E-state index contributed by atoms with van der Waals surface area (Å²) < 4.78 is 15.4. The van der Waals surface area contributed by atoms with Crippen LogP contribution in [0.1, 0.15) is 74.1 Å². The fourth-order valence-electron chi connectivity index (χ4n) is 5.58. The van der Waals surface area contributed by atoms with E-state index in [1.54, 1.807) is 23.1 Å². The second kappa shape index (κ2) is 10.7. The van der Waals surface area contributed by atoms with Crippen molar-refractivity contribution in [2.75, 3.05) is 10.2 Å². The highest BCUT2D eigenvalue weighted by atomic mass is 19.1. The highest BCUT2D eigenvalue weighted by molar-refractivity contribution is 6.06. The maximum absolute atomic E-state index is 15.4. The first kappa shape index (κ1) is 24.9. The van der Waals surface area contributed by atoms with Crippen molar-refractivity contribution < 1.29 is 14.0 Å². The number of para-hydroxylation sites is 2. The number of amides is 1. The second-order valence-electron chi connectivity index (χ2n) is 10.1. The zero-order valence-corrected chi connectivity index (χ0v) is 21.5. The van der Waals surface area contributed by atoms with Crippen LogP contribution in [0.25, 0.3) is 0 Å². The molecule has 0 saturated heterocycles. The van der Waals surface area contributed by atoms with Crippen molar-refractivity contribution in [1.82, 2.24) is 0 Å². The van der Waals surface area contributed by atoms with E-state index < -0.39 is 11.9 Å². The van der Waals surface area contributed by atoms with Gasteiger partial charge >= 0.3 is 0 Å². The number of hydrogen-bond acceptors (Lipinski definition) is 3. The van der Waals surface area contributed by atoms with Crippen molar-refractivity contribution in [1.29, 1.82) is 0 Å². The molecule has 2 aliphatic rings.